The van der Waals surface area contributed by atoms with Gasteiger partial charge in [-0.15, -0.1) is 0 Å². The number of hydrogen-bond donors (Lipinski definition) is 1. The fraction of sp³-hybridized carbons (Fsp3) is 0.467. The molecule has 3 rings (SSSR count). The first kappa shape index (κ1) is 13.4. The molecule has 106 valence electrons. The molecule has 1 saturated carbocycles. The third kappa shape index (κ3) is 2.52. The molecule has 1 atom stereocenters. The Hall–Kier alpha value is -1.55. The second-order valence-electron chi connectivity index (χ2n) is 5.64. The highest BCUT2D eigenvalue weighted by Gasteiger charge is 2.29. The quantitative estimate of drug-likeness (QED) is 0.914. The molecule has 1 fully saturated rings. The summed E-state index contributed by atoms with van der Waals surface area (Å²) in [6.07, 6.45) is 3.14. The Kier molecular flexibility index (Phi) is 3.42. The molecule has 0 aliphatic heterocycles. The van der Waals surface area contributed by atoms with Crippen molar-refractivity contribution in [2.45, 2.75) is 38.6 Å². The number of nitrogens with zero attached hydrogens (tertiary/aromatic N) is 2. The van der Waals surface area contributed by atoms with Crippen LogP contribution >= 0.6 is 11.6 Å². The second kappa shape index (κ2) is 5.09. The number of aromatic nitrogens is 2. The molecule has 1 aromatic carbocycles. The highest BCUT2D eigenvalue weighted by Crippen LogP contribution is 2.40. The molecule has 0 spiro atoms. The zero-order chi connectivity index (χ0) is 14.3. The Bertz CT molecular complexity index is 661. The minimum Gasteiger partial charge on any atom is -0.481 e. The number of benzene rings is 1. The average molecular weight is 293 g/mol. The Morgan fingerprint density at radius 1 is 1.55 bits per heavy atom. The summed E-state index contributed by atoms with van der Waals surface area (Å²) in [4.78, 5) is 15.5. The van der Waals surface area contributed by atoms with E-state index in [2.05, 4.69) is 9.55 Å². The molecule has 5 heteroatoms. The molecule has 0 saturated heterocycles. The SMILES string of the molecule is CC(CC(=O)O)Cc1nc2cccc(Cl)c2n1C1CC1. The van der Waals surface area contributed by atoms with Gasteiger partial charge in [-0.3, -0.25) is 4.79 Å². The lowest BCUT2D eigenvalue weighted by Gasteiger charge is -2.11. The molecule has 2 aromatic rings. The van der Waals surface area contributed by atoms with Crippen molar-refractivity contribution in [3.8, 4) is 0 Å². The van der Waals surface area contributed by atoms with Crippen LogP contribution in [0.15, 0.2) is 18.2 Å². The van der Waals surface area contributed by atoms with Crippen LogP contribution < -0.4 is 0 Å². The zero-order valence-electron chi connectivity index (χ0n) is 11.3. The van der Waals surface area contributed by atoms with Gasteiger partial charge in [-0.2, -0.15) is 0 Å². The van der Waals surface area contributed by atoms with E-state index in [0.717, 1.165) is 34.7 Å². The van der Waals surface area contributed by atoms with E-state index in [-0.39, 0.29) is 12.3 Å². The normalized spacial score (nSPS) is 16.5. The van der Waals surface area contributed by atoms with Gasteiger partial charge in [0.25, 0.3) is 0 Å². The van der Waals surface area contributed by atoms with Crippen LogP contribution in [0.2, 0.25) is 5.02 Å². The maximum atomic E-state index is 10.8. The van der Waals surface area contributed by atoms with Crippen molar-refractivity contribution < 1.29 is 9.90 Å². The van der Waals surface area contributed by atoms with Gasteiger partial charge in [0.05, 0.1) is 16.1 Å². The first-order valence-electron chi connectivity index (χ1n) is 6.93. The van der Waals surface area contributed by atoms with Crippen LogP contribution in [0.25, 0.3) is 11.0 Å². The van der Waals surface area contributed by atoms with Crippen molar-refractivity contribution in [1.82, 2.24) is 9.55 Å². The van der Waals surface area contributed by atoms with Gasteiger partial charge in [-0.05, 0) is 30.9 Å². The Morgan fingerprint density at radius 3 is 2.95 bits per heavy atom. The summed E-state index contributed by atoms with van der Waals surface area (Å²) in [6, 6.07) is 6.23. The number of rotatable bonds is 5. The molecule has 1 aromatic heterocycles. The van der Waals surface area contributed by atoms with Gasteiger partial charge in [-0.25, -0.2) is 4.98 Å². The van der Waals surface area contributed by atoms with Crippen molar-refractivity contribution in [3.63, 3.8) is 0 Å². The van der Waals surface area contributed by atoms with Crippen LogP contribution in [0.5, 0.6) is 0 Å². The van der Waals surface area contributed by atoms with E-state index in [1.54, 1.807) is 0 Å². The van der Waals surface area contributed by atoms with E-state index in [9.17, 15) is 4.79 Å². The third-order valence-corrected chi connectivity index (χ3v) is 4.01. The highest BCUT2D eigenvalue weighted by molar-refractivity contribution is 6.35. The van der Waals surface area contributed by atoms with Gasteiger partial charge < -0.3 is 9.67 Å². The summed E-state index contributed by atoms with van der Waals surface area (Å²) in [5.74, 6) is 0.273. The molecule has 0 bridgehead atoms. The van der Waals surface area contributed by atoms with E-state index in [1.807, 2.05) is 25.1 Å². The topological polar surface area (TPSA) is 55.1 Å². The number of carbonyl (C=O) groups is 1. The highest BCUT2D eigenvalue weighted by atomic mass is 35.5. The van der Waals surface area contributed by atoms with E-state index < -0.39 is 5.97 Å². The molecule has 20 heavy (non-hydrogen) atoms. The molecule has 1 aliphatic carbocycles. The minimum atomic E-state index is -0.760. The molecule has 4 nitrogen and oxygen atoms in total. The van der Waals surface area contributed by atoms with E-state index >= 15 is 0 Å². The van der Waals surface area contributed by atoms with Gasteiger partial charge >= 0.3 is 5.97 Å². The summed E-state index contributed by atoms with van der Waals surface area (Å²) in [6.45, 7) is 1.95. The zero-order valence-corrected chi connectivity index (χ0v) is 12.1. The standard InChI is InChI=1S/C15H17ClN2O2/c1-9(8-14(19)20)7-13-17-12-4-2-3-11(16)15(12)18(13)10-5-6-10/h2-4,9-10H,5-8H2,1H3,(H,19,20). The van der Waals surface area contributed by atoms with Crippen LogP contribution in [0.4, 0.5) is 0 Å². The lowest BCUT2D eigenvalue weighted by Crippen LogP contribution is -2.11. The molecule has 0 amide bonds. The molecule has 1 aliphatic rings. The summed E-state index contributed by atoms with van der Waals surface area (Å²) in [5.41, 5.74) is 1.90. The van der Waals surface area contributed by atoms with Crippen LogP contribution in [-0.2, 0) is 11.2 Å². The first-order chi connectivity index (χ1) is 9.56. The van der Waals surface area contributed by atoms with Gasteiger partial charge in [0.2, 0.25) is 0 Å². The van der Waals surface area contributed by atoms with Crippen LogP contribution in [0.3, 0.4) is 0 Å². The maximum absolute atomic E-state index is 10.8. The molecule has 1 heterocycles. The van der Waals surface area contributed by atoms with E-state index in [1.165, 1.54) is 0 Å². The first-order valence-corrected chi connectivity index (χ1v) is 7.31. The predicted octanol–water partition coefficient (Wildman–Crippen LogP) is 3.68. The number of fused-ring (bicyclic) bond motifs is 1. The van der Waals surface area contributed by atoms with Crippen molar-refractivity contribution in [2.75, 3.05) is 0 Å². The lowest BCUT2D eigenvalue weighted by atomic mass is 10.0. The maximum Gasteiger partial charge on any atom is 0.303 e. The molecule has 1 unspecified atom stereocenters. The second-order valence-corrected chi connectivity index (χ2v) is 6.05. The van der Waals surface area contributed by atoms with E-state index in [0.29, 0.717) is 12.5 Å². The number of para-hydroxylation sites is 1. The third-order valence-electron chi connectivity index (χ3n) is 3.70. The van der Waals surface area contributed by atoms with Crippen LogP contribution in [0.1, 0.15) is 38.1 Å². The van der Waals surface area contributed by atoms with Crippen molar-refractivity contribution in [1.29, 1.82) is 0 Å². The van der Waals surface area contributed by atoms with Gasteiger partial charge in [0, 0.05) is 18.9 Å². The lowest BCUT2D eigenvalue weighted by molar-refractivity contribution is -0.137. The summed E-state index contributed by atoms with van der Waals surface area (Å²) < 4.78 is 2.22. The van der Waals surface area contributed by atoms with Crippen LogP contribution in [-0.4, -0.2) is 20.6 Å². The molecule has 1 N–H and O–H groups in total. The fourth-order valence-corrected chi connectivity index (χ4v) is 2.97. The van der Waals surface area contributed by atoms with Crippen molar-refractivity contribution >= 4 is 28.6 Å². The smallest absolute Gasteiger partial charge is 0.303 e. The van der Waals surface area contributed by atoms with E-state index in [4.69, 9.17) is 16.7 Å². The summed E-state index contributed by atoms with van der Waals surface area (Å²) >= 11 is 6.31. The molecular formula is C15H17ClN2O2. The van der Waals surface area contributed by atoms with Crippen molar-refractivity contribution in [2.24, 2.45) is 5.92 Å². The number of aliphatic carboxylic acids is 1. The fourth-order valence-electron chi connectivity index (χ4n) is 2.71. The number of hydrogen-bond acceptors (Lipinski definition) is 2. The Balaban J connectivity index is 2.00. The average Bonchev–Trinajstić information content (AvgIpc) is 3.11. The van der Waals surface area contributed by atoms with Crippen LogP contribution in [0, 0.1) is 5.92 Å². The number of halogens is 1. The predicted molar refractivity (Wildman–Crippen MR) is 78.1 cm³/mol. The Labute approximate surface area is 122 Å². The van der Waals surface area contributed by atoms with Gasteiger partial charge in [0.15, 0.2) is 0 Å². The van der Waals surface area contributed by atoms with Crippen molar-refractivity contribution in [3.05, 3.63) is 29.0 Å². The van der Waals surface area contributed by atoms with Gasteiger partial charge in [-0.1, -0.05) is 24.6 Å². The minimum absolute atomic E-state index is 0.0700. The number of carboxylic acids is 1. The Morgan fingerprint density at radius 2 is 2.30 bits per heavy atom. The van der Waals surface area contributed by atoms with Gasteiger partial charge in [0.1, 0.15) is 5.82 Å². The molecule has 0 radical (unpaired) electrons. The monoisotopic (exact) mass is 292 g/mol. The summed E-state index contributed by atoms with van der Waals surface area (Å²) in [5, 5.41) is 9.61. The number of carboxylic acid groups (broad SMARTS) is 1. The molecular weight excluding hydrogens is 276 g/mol. The largest absolute Gasteiger partial charge is 0.481 e. The summed E-state index contributed by atoms with van der Waals surface area (Å²) in [7, 11) is 0. The number of imidazole rings is 1.